The highest BCUT2D eigenvalue weighted by Gasteiger charge is 2.23. The molecular formula is C16H13ClN4O2. The predicted molar refractivity (Wildman–Crippen MR) is 87.8 cm³/mol. The fraction of sp³-hybridized carbons (Fsp3) is 0.188. The zero-order valence-electron chi connectivity index (χ0n) is 12.6. The average Bonchev–Trinajstić information content (AvgIpc) is 2.92. The van der Waals surface area contributed by atoms with E-state index < -0.39 is 0 Å². The number of halogens is 1. The van der Waals surface area contributed by atoms with Crippen LogP contribution in [0.3, 0.4) is 0 Å². The number of hydrogen-bond acceptors (Lipinski definition) is 4. The standard InChI is InChI=1S/C16H13ClN4O2/c1-8-5-9(12-3-4-18-21(12)2)19-10-6-11-16(15(17)14(8)10)23-7-13(22)20-11/h3-6H,7H2,1-2H3,(H,20,22). The lowest BCUT2D eigenvalue weighted by Crippen LogP contribution is -2.25. The molecule has 3 heterocycles. The van der Waals surface area contributed by atoms with Gasteiger partial charge in [-0.3, -0.25) is 9.48 Å². The molecule has 1 amide bonds. The second-order valence-corrected chi connectivity index (χ2v) is 5.84. The Balaban J connectivity index is 2.00. The molecule has 0 saturated carbocycles. The first kappa shape index (κ1) is 14.0. The summed E-state index contributed by atoms with van der Waals surface area (Å²) in [4.78, 5) is 16.2. The Kier molecular flexibility index (Phi) is 3.02. The predicted octanol–water partition coefficient (Wildman–Crippen LogP) is 2.93. The summed E-state index contributed by atoms with van der Waals surface area (Å²) in [5.74, 6) is 0.296. The molecule has 0 radical (unpaired) electrons. The van der Waals surface area contributed by atoms with Crippen molar-refractivity contribution in [1.82, 2.24) is 14.8 Å². The highest BCUT2D eigenvalue weighted by atomic mass is 35.5. The number of nitrogens with zero attached hydrogens (tertiary/aromatic N) is 3. The van der Waals surface area contributed by atoms with Gasteiger partial charge in [0.1, 0.15) is 0 Å². The summed E-state index contributed by atoms with van der Waals surface area (Å²) in [6, 6.07) is 5.66. The van der Waals surface area contributed by atoms with Gasteiger partial charge in [0.2, 0.25) is 0 Å². The van der Waals surface area contributed by atoms with Crippen LogP contribution >= 0.6 is 11.6 Å². The number of nitrogens with one attached hydrogen (secondary N) is 1. The molecule has 3 aromatic rings. The molecule has 0 bridgehead atoms. The Morgan fingerprint density at radius 1 is 1.39 bits per heavy atom. The number of ether oxygens (including phenoxy) is 1. The maximum absolute atomic E-state index is 11.5. The van der Waals surface area contributed by atoms with Gasteiger partial charge in [-0.15, -0.1) is 0 Å². The molecule has 0 unspecified atom stereocenters. The summed E-state index contributed by atoms with van der Waals surface area (Å²) >= 11 is 6.49. The van der Waals surface area contributed by atoms with Crippen molar-refractivity contribution in [1.29, 1.82) is 0 Å². The highest BCUT2D eigenvalue weighted by molar-refractivity contribution is 6.38. The lowest BCUT2D eigenvalue weighted by atomic mass is 10.1. The molecule has 1 aliphatic heterocycles. The third kappa shape index (κ3) is 2.14. The lowest BCUT2D eigenvalue weighted by Gasteiger charge is -2.20. The van der Waals surface area contributed by atoms with E-state index in [2.05, 4.69) is 15.4 Å². The van der Waals surface area contributed by atoms with E-state index in [9.17, 15) is 4.79 Å². The van der Waals surface area contributed by atoms with E-state index in [4.69, 9.17) is 16.3 Å². The number of anilines is 1. The van der Waals surface area contributed by atoms with E-state index in [1.807, 2.05) is 26.1 Å². The number of amides is 1. The minimum atomic E-state index is -0.201. The van der Waals surface area contributed by atoms with Gasteiger partial charge in [0.25, 0.3) is 5.91 Å². The number of fused-ring (bicyclic) bond motifs is 2. The third-order valence-corrected chi connectivity index (χ3v) is 4.25. The molecule has 0 aliphatic carbocycles. The lowest BCUT2D eigenvalue weighted by molar-refractivity contribution is -0.118. The van der Waals surface area contributed by atoms with E-state index in [0.717, 1.165) is 22.3 Å². The highest BCUT2D eigenvalue weighted by Crippen LogP contribution is 2.42. The minimum Gasteiger partial charge on any atom is -0.480 e. The molecule has 4 rings (SSSR count). The third-order valence-electron chi connectivity index (χ3n) is 3.89. The van der Waals surface area contributed by atoms with Gasteiger partial charge in [0, 0.05) is 18.6 Å². The van der Waals surface area contributed by atoms with Crippen molar-refractivity contribution in [3.63, 3.8) is 0 Å². The molecule has 1 aliphatic rings. The molecular weight excluding hydrogens is 316 g/mol. The van der Waals surface area contributed by atoms with Crippen LogP contribution in [0, 0.1) is 6.92 Å². The van der Waals surface area contributed by atoms with Gasteiger partial charge in [-0.1, -0.05) is 11.6 Å². The zero-order valence-corrected chi connectivity index (χ0v) is 13.3. The molecule has 2 aromatic heterocycles. The van der Waals surface area contributed by atoms with Crippen LogP contribution in [0.2, 0.25) is 5.02 Å². The molecule has 1 N–H and O–H groups in total. The molecule has 6 nitrogen and oxygen atoms in total. The van der Waals surface area contributed by atoms with Crippen LogP contribution in [0.5, 0.6) is 5.75 Å². The molecule has 0 fully saturated rings. The van der Waals surface area contributed by atoms with Gasteiger partial charge in [-0.2, -0.15) is 5.10 Å². The fourth-order valence-corrected chi connectivity index (χ4v) is 3.24. The molecule has 23 heavy (non-hydrogen) atoms. The van der Waals surface area contributed by atoms with Gasteiger partial charge < -0.3 is 10.1 Å². The van der Waals surface area contributed by atoms with E-state index in [-0.39, 0.29) is 12.5 Å². The number of carbonyl (C=O) groups excluding carboxylic acids is 1. The molecule has 0 saturated heterocycles. The fourth-order valence-electron chi connectivity index (χ4n) is 2.84. The van der Waals surface area contributed by atoms with Crippen molar-refractivity contribution < 1.29 is 9.53 Å². The quantitative estimate of drug-likeness (QED) is 0.745. The average molecular weight is 329 g/mol. The van der Waals surface area contributed by atoms with Crippen molar-refractivity contribution >= 4 is 34.1 Å². The Bertz CT molecular complexity index is 964. The number of hydrogen-bond donors (Lipinski definition) is 1. The molecule has 0 atom stereocenters. The van der Waals surface area contributed by atoms with Crippen molar-refractivity contribution in [3.05, 3.63) is 35.0 Å². The molecule has 7 heteroatoms. The Morgan fingerprint density at radius 2 is 2.22 bits per heavy atom. The van der Waals surface area contributed by atoms with Crippen LogP contribution in [-0.2, 0) is 11.8 Å². The number of rotatable bonds is 1. The van der Waals surface area contributed by atoms with E-state index in [1.165, 1.54) is 0 Å². The zero-order chi connectivity index (χ0) is 16.1. The van der Waals surface area contributed by atoms with Crippen molar-refractivity contribution in [2.45, 2.75) is 6.92 Å². The van der Waals surface area contributed by atoms with Gasteiger partial charge in [-0.05, 0) is 30.7 Å². The summed E-state index contributed by atoms with van der Waals surface area (Å²) in [5, 5.41) is 8.24. The van der Waals surface area contributed by atoms with Crippen molar-refractivity contribution in [3.8, 4) is 17.1 Å². The van der Waals surface area contributed by atoms with Crippen LogP contribution in [0.1, 0.15) is 5.56 Å². The van der Waals surface area contributed by atoms with Gasteiger partial charge in [-0.25, -0.2) is 4.98 Å². The number of benzene rings is 1. The van der Waals surface area contributed by atoms with Crippen molar-refractivity contribution in [2.75, 3.05) is 11.9 Å². The number of carbonyl (C=O) groups is 1. The minimum absolute atomic E-state index is 0.0300. The van der Waals surface area contributed by atoms with Crippen molar-refractivity contribution in [2.24, 2.45) is 7.05 Å². The van der Waals surface area contributed by atoms with E-state index in [0.29, 0.717) is 22.0 Å². The molecule has 0 spiro atoms. The topological polar surface area (TPSA) is 69.0 Å². The van der Waals surface area contributed by atoms with Crippen LogP contribution in [-0.4, -0.2) is 27.3 Å². The van der Waals surface area contributed by atoms with Crippen LogP contribution < -0.4 is 10.1 Å². The summed E-state index contributed by atoms with van der Waals surface area (Å²) in [7, 11) is 1.87. The summed E-state index contributed by atoms with van der Waals surface area (Å²) in [6.07, 6.45) is 1.73. The van der Waals surface area contributed by atoms with Crippen LogP contribution in [0.25, 0.3) is 22.3 Å². The second-order valence-electron chi connectivity index (χ2n) is 5.46. The van der Waals surface area contributed by atoms with Crippen LogP contribution in [0.4, 0.5) is 5.69 Å². The molecule has 116 valence electrons. The van der Waals surface area contributed by atoms with Gasteiger partial charge in [0.15, 0.2) is 12.4 Å². The first-order valence-electron chi connectivity index (χ1n) is 7.09. The van der Waals surface area contributed by atoms with E-state index in [1.54, 1.807) is 16.9 Å². The molecule has 1 aromatic carbocycles. The SMILES string of the molecule is Cc1cc(-c2ccnn2C)nc2cc3c(c(Cl)c12)OCC(=O)N3. The number of aryl methyl sites for hydroxylation is 2. The smallest absolute Gasteiger partial charge is 0.262 e. The first-order chi connectivity index (χ1) is 11.0. The second kappa shape index (κ2) is 4.96. The Hall–Kier alpha value is -2.60. The van der Waals surface area contributed by atoms with E-state index >= 15 is 0 Å². The summed E-state index contributed by atoms with van der Waals surface area (Å²) < 4.78 is 7.23. The van der Waals surface area contributed by atoms with Gasteiger partial charge >= 0.3 is 0 Å². The Morgan fingerprint density at radius 3 is 2.96 bits per heavy atom. The summed E-state index contributed by atoms with van der Waals surface area (Å²) in [6.45, 7) is 1.95. The van der Waals surface area contributed by atoms with Gasteiger partial charge in [0.05, 0.1) is 27.6 Å². The number of aromatic nitrogens is 3. The largest absolute Gasteiger partial charge is 0.480 e. The summed E-state index contributed by atoms with van der Waals surface area (Å²) in [5.41, 5.74) is 3.95. The number of pyridine rings is 1. The first-order valence-corrected chi connectivity index (χ1v) is 7.47. The normalized spacial score (nSPS) is 13.6. The maximum Gasteiger partial charge on any atom is 0.262 e. The maximum atomic E-state index is 11.5. The van der Waals surface area contributed by atoms with Crippen LogP contribution in [0.15, 0.2) is 24.4 Å². The Labute approximate surface area is 137 Å². The monoisotopic (exact) mass is 328 g/mol.